The molecule has 2 heterocycles. The van der Waals surface area contributed by atoms with Crippen molar-refractivity contribution in [2.45, 2.75) is 13.8 Å². The highest BCUT2D eigenvalue weighted by Gasteiger charge is 2.08. The predicted octanol–water partition coefficient (Wildman–Crippen LogP) is 2.48. The van der Waals surface area contributed by atoms with Crippen LogP contribution in [0.25, 0.3) is 5.82 Å². The van der Waals surface area contributed by atoms with Crippen LogP contribution in [0.5, 0.6) is 0 Å². The minimum absolute atomic E-state index is 0.646. The molecule has 0 aromatic carbocycles. The number of aromatic nitrogens is 3. The summed E-state index contributed by atoms with van der Waals surface area (Å²) in [5, 5.41) is 4.97. The number of aryl methyl sites for hydroxylation is 3. The first kappa shape index (κ1) is 9.34. The van der Waals surface area contributed by atoms with E-state index in [0.29, 0.717) is 5.15 Å². The van der Waals surface area contributed by atoms with E-state index in [-0.39, 0.29) is 0 Å². The lowest BCUT2D eigenvalue weighted by atomic mass is 10.5. The van der Waals surface area contributed by atoms with Gasteiger partial charge in [-0.25, -0.2) is 0 Å². The second-order valence-corrected chi connectivity index (χ2v) is 3.79. The lowest BCUT2D eigenvalue weighted by Crippen LogP contribution is -2.00. The summed E-state index contributed by atoms with van der Waals surface area (Å²) in [6.07, 6.45) is 0. The van der Waals surface area contributed by atoms with Gasteiger partial charge < -0.3 is 4.57 Å². The summed E-state index contributed by atoms with van der Waals surface area (Å²) in [4.78, 5) is 0. The van der Waals surface area contributed by atoms with Crippen LogP contribution in [0.1, 0.15) is 11.4 Å². The van der Waals surface area contributed by atoms with Gasteiger partial charge >= 0.3 is 0 Å². The van der Waals surface area contributed by atoms with E-state index in [9.17, 15) is 0 Å². The van der Waals surface area contributed by atoms with E-state index in [1.165, 1.54) is 0 Å². The molecule has 2 aromatic rings. The van der Waals surface area contributed by atoms with Crippen molar-refractivity contribution in [3.63, 3.8) is 0 Å². The average Bonchev–Trinajstić information content (AvgIpc) is 2.59. The van der Waals surface area contributed by atoms with Gasteiger partial charge in [0.1, 0.15) is 5.15 Å². The van der Waals surface area contributed by atoms with Gasteiger partial charge in [0, 0.05) is 24.5 Å². The Kier molecular flexibility index (Phi) is 2.11. The van der Waals surface area contributed by atoms with Crippen LogP contribution in [0.15, 0.2) is 18.2 Å². The normalized spacial score (nSPS) is 10.9. The number of rotatable bonds is 1. The fourth-order valence-corrected chi connectivity index (χ4v) is 1.70. The molecule has 0 bridgehead atoms. The highest BCUT2D eigenvalue weighted by Crippen LogP contribution is 2.18. The van der Waals surface area contributed by atoms with Crippen molar-refractivity contribution < 1.29 is 0 Å². The Morgan fingerprint density at radius 2 is 1.79 bits per heavy atom. The minimum atomic E-state index is 0.646. The Bertz CT molecular complexity index is 429. The maximum atomic E-state index is 5.94. The Morgan fingerprint density at radius 3 is 2.21 bits per heavy atom. The summed E-state index contributed by atoms with van der Waals surface area (Å²) in [6, 6.07) is 6.00. The Labute approximate surface area is 87.9 Å². The first-order chi connectivity index (χ1) is 6.59. The molecular weight excluding hydrogens is 198 g/mol. The van der Waals surface area contributed by atoms with Crippen molar-refractivity contribution in [3.05, 3.63) is 34.7 Å². The summed E-state index contributed by atoms with van der Waals surface area (Å²) < 4.78 is 3.74. The van der Waals surface area contributed by atoms with Crippen LogP contribution in [-0.4, -0.2) is 14.3 Å². The third-order valence-electron chi connectivity index (χ3n) is 2.31. The van der Waals surface area contributed by atoms with Crippen molar-refractivity contribution in [2.24, 2.45) is 7.05 Å². The molecule has 0 aliphatic carbocycles. The van der Waals surface area contributed by atoms with E-state index < -0.39 is 0 Å². The topological polar surface area (TPSA) is 22.8 Å². The number of hydrogen-bond donors (Lipinski definition) is 0. The summed E-state index contributed by atoms with van der Waals surface area (Å²) in [7, 11) is 1.83. The minimum Gasteiger partial charge on any atom is -0.302 e. The van der Waals surface area contributed by atoms with Gasteiger partial charge in [0.2, 0.25) is 0 Å². The molecule has 2 aromatic heterocycles. The van der Waals surface area contributed by atoms with Gasteiger partial charge in [0.15, 0.2) is 5.82 Å². The first-order valence-electron chi connectivity index (χ1n) is 4.44. The molecule has 4 heteroatoms. The van der Waals surface area contributed by atoms with Gasteiger partial charge in [-0.1, -0.05) is 11.6 Å². The highest BCUT2D eigenvalue weighted by atomic mass is 35.5. The molecule has 0 unspecified atom stereocenters. The van der Waals surface area contributed by atoms with Gasteiger partial charge in [0.05, 0.1) is 0 Å². The van der Waals surface area contributed by atoms with Crippen molar-refractivity contribution in [2.75, 3.05) is 0 Å². The van der Waals surface area contributed by atoms with Crippen molar-refractivity contribution in [1.29, 1.82) is 0 Å². The summed E-state index contributed by atoms with van der Waals surface area (Å²) in [5.41, 5.74) is 2.33. The molecule has 3 nitrogen and oxygen atoms in total. The largest absolute Gasteiger partial charge is 0.302 e. The zero-order chi connectivity index (χ0) is 10.3. The molecule has 0 aliphatic heterocycles. The van der Waals surface area contributed by atoms with Crippen LogP contribution < -0.4 is 0 Å². The van der Waals surface area contributed by atoms with Crippen molar-refractivity contribution >= 4 is 11.6 Å². The summed E-state index contributed by atoms with van der Waals surface area (Å²) in [6.45, 7) is 4.10. The summed E-state index contributed by atoms with van der Waals surface area (Å²) >= 11 is 5.94. The van der Waals surface area contributed by atoms with Gasteiger partial charge in [-0.3, -0.25) is 4.68 Å². The van der Waals surface area contributed by atoms with E-state index in [1.54, 1.807) is 4.68 Å². The molecule has 0 radical (unpaired) electrons. The Hall–Kier alpha value is -1.22. The third-order valence-corrected chi connectivity index (χ3v) is 2.66. The fraction of sp³-hybridized carbons (Fsp3) is 0.300. The fourth-order valence-electron chi connectivity index (χ4n) is 1.57. The molecule has 0 saturated carbocycles. The number of halogens is 1. The van der Waals surface area contributed by atoms with Crippen molar-refractivity contribution in [3.8, 4) is 5.82 Å². The monoisotopic (exact) mass is 209 g/mol. The number of nitrogens with zero attached hydrogens (tertiary/aromatic N) is 3. The van der Waals surface area contributed by atoms with Crippen LogP contribution in [0, 0.1) is 13.8 Å². The van der Waals surface area contributed by atoms with Crippen molar-refractivity contribution in [1.82, 2.24) is 14.3 Å². The second-order valence-electron chi connectivity index (χ2n) is 3.40. The first-order valence-corrected chi connectivity index (χ1v) is 4.82. The SMILES string of the molecule is Cc1ccc(C)n1-c1cc(Cl)n(C)n1. The molecule has 0 spiro atoms. The molecule has 14 heavy (non-hydrogen) atoms. The molecule has 0 atom stereocenters. The lowest BCUT2D eigenvalue weighted by Gasteiger charge is -2.03. The molecule has 0 saturated heterocycles. The second kappa shape index (κ2) is 3.17. The van der Waals surface area contributed by atoms with Crippen LogP contribution in [0.4, 0.5) is 0 Å². The van der Waals surface area contributed by atoms with E-state index in [1.807, 2.05) is 13.1 Å². The standard InChI is InChI=1S/C10H12ClN3/c1-7-4-5-8(2)14(7)10-6-9(11)13(3)12-10/h4-6H,1-3H3. The molecule has 0 fully saturated rings. The predicted molar refractivity (Wildman–Crippen MR) is 57.0 cm³/mol. The molecular formula is C10H12ClN3. The smallest absolute Gasteiger partial charge is 0.160 e. The maximum absolute atomic E-state index is 5.94. The van der Waals surface area contributed by atoms with Gasteiger partial charge in [0.25, 0.3) is 0 Å². The quantitative estimate of drug-likeness (QED) is 0.708. The molecule has 0 N–H and O–H groups in total. The molecule has 0 amide bonds. The van der Waals surface area contributed by atoms with Crippen LogP contribution in [0.2, 0.25) is 5.15 Å². The molecule has 0 aliphatic rings. The molecule has 2 rings (SSSR count). The zero-order valence-corrected chi connectivity index (χ0v) is 9.21. The average molecular weight is 210 g/mol. The zero-order valence-electron chi connectivity index (χ0n) is 8.45. The van der Waals surface area contributed by atoms with E-state index in [0.717, 1.165) is 17.2 Å². The maximum Gasteiger partial charge on any atom is 0.160 e. The third kappa shape index (κ3) is 1.34. The summed E-state index contributed by atoms with van der Waals surface area (Å²) in [5.74, 6) is 0.873. The van der Waals surface area contributed by atoms with Gasteiger partial charge in [-0.2, -0.15) is 5.10 Å². The highest BCUT2D eigenvalue weighted by molar-refractivity contribution is 6.29. The van der Waals surface area contributed by atoms with E-state index in [4.69, 9.17) is 11.6 Å². The van der Waals surface area contributed by atoms with Crippen LogP contribution >= 0.6 is 11.6 Å². The van der Waals surface area contributed by atoms with Crippen LogP contribution in [-0.2, 0) is 7.05 Å². The van der Waals surface area contributed by atoms with Gasteiger partial charge in [-0.05, 0) is 26.0 Å². The Morgan fingerprint density at radius 1 is 1.21 bits per heavy atom. The number of hydrogen-bond acceptors (Lipinski definition) is 1. The molecule has 74 valence electrons. The Balaban J connectivity index is 2.59. The lowest BCUT2D eigenvalue weighted by molar-refractivity contribution is 0.746. The van der Waals surface area contributed by atoms with E-state index in [2.05, 4.69) is 35.6 Å². The van der Waals surface area contributed by atoms with Crippen LogP contribution in [0.3, 0.4) is 0 Å². The van der Waals surface area contributed by atoms with Gasteiger partial charge in [-0.15, -0.1) is 0 Å². The van der Waals surface area contributed by atoms with E-state index >= 15 is 0 Å².